The number of amides is 1. The second-order valence-electron chi connectivity index (χ2n) is 13.9. The number of halogens is 1. The summed E-state index contributed by atoms with van der Waals surface area (Å²) in [5.41, 5.74) is 5.90. The molecule has 3 aromatic heterocycles. The molecule has 12 heteroatoms. The molecule has 6 heterocycles. The molecule has 0 bridgehead atoms. The van der Waals surface area contributed by atoms with Crippen molar-refractivity contribution in [2.75, 3.05) is 47.4 Å². The van der Waals surface area contributed by atoms with Crippen LogP contribution in [0.15, 0.2) is 79.0 Å². The summed E-state index contributed by atoms with van der Waals surface area (Å²) in [5, 5.41) is 5.02. The molecule has 3 aliphatic heterocycles. The Bertz CT molecular complexity index is 2190. The van der Waals surface area contributed by atoms with Crippen molar-refractivity contribution >= 4 is 40.4 Å². The van der Waals surface area contributed by atoms with Gasteiger partial charge >= 0.3 is 0 Å². The molecule has 1 saturated carbocycles. The number of Topliss-reactive ketones (excluding diaryl/α,β-unsaturated/α-hetero) is 2. The summed E-state index contributed by atoms with van der Waals surface area (Å²) in [4.78, 5) is 55.7. The molecule has 2 atom stereocenters. The van der Waals surface area contributed by atoms with E-state index >= 15 is 0 Å². The zero-order valence-electron chi connectivity index (χ0n) is 28.1. The Kier molecular flexibility index (Phi) is 7.74. The number of rotatable bonds is 6. The van der Waals surface area contributed by atoms with Gasteiger partial charge in [0.2, 0.25) is 0 Å². The van der Waals surface area contributed by atoms with E-state index < -0.39 is 6.04 Å². The Labute approximate surface area is 294 Å². The van der Waals surface area contributed by atoms with E-state index in [1.807, 2.05) is 59.2 Å². The van der Waals surface area contributed by atoms with Crippen molar-refractivity contribution in [1.29, 1.82) is 0 Å². The average Bonchev–Trinajstić information content (AvgIpc) is 3.89. The number of piperazine rings is 1. The highest BCUT2D eigenvalue weighted by molar-refractivity contribution is 6.07. The third-order valence-corrected chi connectivity index (χ3v) is 10.8. The summed E-state index contributed by atoms with van der Waals surface area (Å²) in [6.07, 6.45) is 4.44. The lowest BCUT2D eigenvalue weighted by atomic mass is 9.92. The van der Waals surface area contributed by atoms with Crippen molar-refractivity contribution in [2.24, 2.45) is 0 Å². The minimum Gasteiger partial charge on any atom is -0.368 e. The summed E-state index contributed by atoms with van der Waals surface area (Å²) < 4.78 is 15.9. The Morgan fingerprint density at radius 3 is 2.45 bits per heavy atom. The maximum absolute atomic E-state index is 14.1. The van der Waals surface area contributed by atoms with Gasteiger partial charge in [-0.1, -0.05) is 18.2 Å². The van der Waals surface area contributed by atoms with Crippen molar-refractivity contribution in [3.63, 3.8) is 0 Å². The first-order chi connectivity index (χ1) is 24.9. The number of carbonyl (C=O) groups excluding carboxylic acids is 3. The van der Waals surface area contributed by atoms with Gasteiger partial charge in [-0.2, -0.15) is 0 Å². The van der Waals surface area contributed by atoms with E-state index in [1.54, 1.807) is 17.0 Å². The average molecular weight is 685 g/mol. The minimum absolute atomic E-state index is 0.0412. The fraction of sp³-hybridized carbons (Fsp3) is 0.333. The number of fused-ring (bicyclic) bond motifs is 2. The Balaban J connectivity index is 0.896. The molecule has 1 aliphatic carbocycles. The fourth-order valence-corrected chi connectivity index (χ4v) is 8.20. The topological polar surface area (TPSA) is 107 Å². The summed E-state index contributed by atoms with van der Waals surface area (Å²) in [5.74, 6) is 1.16. The summed E-state index contributed by atoms with van der Waals surface area (Å²) in [7, 11) is 0. The molecule has 3 fully saturated rings. The highest BCUT2D eigenvalue weighted by atomic mass is 19.1. The van der Waals surface area contributed by atoms with Crippen molar-refractivity contribution in [3.8, 4) is 11.4 Å². The van der Waals surface area contributed by atoms with E-state index in [2.05, 4.69) is 25.8 Å². The molecule has 11 nitrogen and oxygen atoms in total. The highest BCUT2D eigenvalue weighted by Gasteiger charge is 2.39. The van der Waals surface area contributed by atoms with E-state index in [4.69, 9.17) is 10.1 Å². The summed E-state index contributed by atoms with van der Waals surface area (Å²) >= 11 is 0. The number of benzene rings is 2. The van der Waals surface area contributed by atoms with Crippen molar-refractivity contribution in [1.82, 2.24) is 24.5 Å². The van der Waals surface area contributed by atoms with Gasteiger partial charge in [0.25, 0.3) is 5.91 Å². The number of hydrogen-bond donors (Lipinski definition) is 0. The molecule has 51 heavy (non-hydrogen) atoms. The predicted molar refractivity (Wildman–Crippen MR) is 190 cm³/mol. The van der Waals surface area contributed by atoms with Crippen LogP contribution in [0, 0.1) is 5.82 Å². The molecule has 0 N–H and O–H groups in total. The lowest BCUT2D eigenvalue weighted by Gasteiger charge is -2.37. The summed E-state index contributed by atoms with van der Waals surface area (Å²) in [6.45, 7) is 4.36. The molecular formula is C39H37FN8O3. The van der Waals surface area contributed by atoms with E-state index in [0.717, 1.165) is 91.1 Å². The molecule has 9 rings (SSSR count). The monoisotopic (exact) mass is 684 g/mol. The molecular weight excluding hydrogens is 647 g/mol. The number of hydrogen-bond acceptors (Lipinski definition) is 9. The fourth-order valence-electron chi connectivity index (χ4n) is 8.20. The normalized spacial score (nSPS) is 20.9. The van der Waals surface area contributed by atoms with Crippen molar-refractivity contribution in [3.05, 3.63) is 102 Å². The van der Waals surface area contributed by atoms with Crippen LogP contribution in [0.25, 0.3) is 17.0 Å². The van der Waals surface area contributed by atoms with Gasteiger partial charge in [0.05, 0.1) is 30.4 Å². The van der Waals surface area contributed by atoms with Crippen LogP contribution in [0.2, 0.25) is 0 Å². The lowest BCUT2D eigenvalue weighted by molar-refractivity contribution is -0.133. The molecule has 1 amide bonds. The van der Waals surface area contributed by atoms with E-state index in [9.17, 15) is 18.8 Å². The largest absolute Gasteiger partial charge is 0.368 e. The number of pyridine rings is 1. The van der Waals surface area contributed by atoms with Gasteiger partial charge in [-0.05, 0) is 85.0 Å². The number of imidazole rings is 1. The number of aromatic nitrogens is 4. The van der Waals surface area contributed by atoms with Crippen LogP contribution in [-0.2, 0) is 16.1 Å². The van der Waals surface area contributed by atoms with Gasteiger partial charge in [-0.15, -0.1) is 5.10 Å². The van der Waals surface area contributed by atoms with Crippen LogP contribution >= 0.6 is 0 Å². The zero-order chi connectivity index (χ0) is 34.6. The minimum atomic E-state index is -0.513. The third kappa shape index (κ3) is 5.68. The standard InChI is InChI=1S/C39H37FN8O3/c40-27-5-1-4-25(20-27)32-7-3-15-46(32)38-14-13-36-41-23-34(48(36)43-38)31-6-2-8-37(42-31)45-18-16-44(17-19-45)28-9-11-30-26(21-28)24-47(39(30)51)33-12-10-29(49)22-35(33)50/h1-2,4-6,8-9,11,13-14,20-21,23,32-33H,3,7,10,12,15-19,22,24H2/t32-,33?/m1/s1. The molecule has 5 aromatic rings. The van der Waals surface area contributed by atoms with Gasteiger partial charge in [0.15, 0.2) is 11.4 Å². The van der Waals surface area contributed by atoms with Gasteiger partial charge in [0, 0.05) is 56.9 Å². The molecule has 4 aliphatic rings. The highest BCUT2D eigenvalue weighted by Crippen LogP contribution is 2.36. The van der Waals surface area contributed by atoms with Crippen LogP contribution < -0.4 is 14.7 Å². The van der Waals surface area contributed by atoms with E-state index in [1.165, 1.54) is 6.07 Å². The quantitative estimate of drug-likeness (QED) is 0.222. The number of nitrogens with zero attached hydrogens (tertiary/aromatic N) is 8. The second-order valence-corrected chi connectivity index (χ2v) is 13.9. The van der Waals surface area contributed by atoms with E-state index in [0.29, 0.717) is 24.9 Å². The molecule has 0 radical (unpaired) electrons. The first kappa shape index (κ1) is 31.3. The van der Waals surface area contributed by atoms with Crippen LogP contribution in [-0.4, -0.2) is 80.7 Å². The second kappa shape index (κ2) is 12.6. The summed E-state index contributed by atoms with van der Waals surface area (Å²) in [6, 6.07) is 22.3. The maximum atomic E-state index is 14.1. The smallest absolute Gasteiger partial charge is 0.255 e. The molecule has 2 saturated heterocycles. The molecule has 0 spiro atoms. The number of anilines is 3. The number of carbonyl (C=O) groups is 3. The third-order valence-electron chi connectivity index (χ3n) is 10.8. The van der Waals surface area contributed by atoms with Crippen LogP contribution in [0.4, 0.5) is 21.7 Å². The molecule has 1 unspecified atom stereocenters. The van der Waals surface area contributed by atoms with Crippen molar-refractivity contribution < 1.29 is 18.8 Å². The van der Waals surface area contributed by atoms with Gasteiger partial charge in [-0.25, -0.2) is 18.9 Å². The Hall–Kier alpha value is -5.65. The first-order valence-corrected chi connectivity index (χ1v) is 17.7. The molecule has 258 valence electrons. The first-order valence-electron chi connectivity index (χ1n) is 17.7. The van der Waals surface area contributed by atoms with Crippen LogP contribution in [0.3, 0.4) is 0 Å². The van der Waals surface area contributed by atoms with Crippen molar-refractivity contribution in [2.45, 2.75) is 50.7 Å². The lowest BCUT2D eigenvalue weighted by Crippen LogP contribution is -2.46. The van der Waals surface area contributed by atoms with Gasteiger partial charge in [-0.3, -0.25) is 14.4 Å². The van der Waals surface area contributed by atoms with E-state index in [-0.39, 0.29) is 35.8 Å². The van der Waals surface area contributed by atoms with Gasteiger partial charge in [0.1, 0.15) is 28.9 Å². The number of ketones is 2. The Morgan fingerprint density at radius 1 is 0.765 bits per heavy atom. The maximum Gasteiger partial charge on any atom is 0.255 e. The molecule has 2 aromatic carbocycles. The zero-order valence-corrected chi connectivity index (χ0v) is 28.1. The Morgan fingerprint density at radius 2 is 1.61 bits per heavy atom. The van der Waals surface area contributed by atoms with Crippen LogP contribution in [0.1, 0.15) is 59.6 Å². The van der Waals surface area contributed by atoms with Crippen LogP contribution in [0.5, 0.6) is 0 Å². The SMILES string of the molecule is O=C1CCC(N2Cc3cc(N4CCN(c5cccc(-c6cnc7ccc(N8CCC[C@@H]8c8cccc(F)c8)nn67)n5)CC4)ccc3C2=O)C(=O)C1. The predicted octanol–water partition coefficient (Wildman–Crippen LogP) is 5.25. The van der Waals surface area contributed by atoms with Gasteiger partial charge < -0.3 is 19.6 Å².